The smallest absolute Gasteiger partial charge is 0.240 e. The van der Waals surface area contributed by atoms with Crippen LogP contribution < -0.4 is 9.64 Å². The maximum absolute atomic E-state index is 13.0. The minimum absolute atomic E-state index is 0.0667. The molecule has 0 saturated carbocycles. The van der Waals surface area contributed by atoms with Crippen LogP contribution in [0.4, 0.5) is 5.69 Å². The summed E-state index contributed by atoms with van der Waals surface area (Å²) in [7, 11) is 3.77. The van der Waals surface area contributed by atoms with Crippen molar-refractivity contribution < 1.29 is 9.53 Å². The fourth-order valence-electron chi connectivity index (χ4n) is 4.18. The van der Waals surface area contributed by atoms with Gasteiger partial charge in [0.05, 0.1) is 18.7 Å². The fourth-order valence-corrected chi connectivity index (χ4v) is 4.18. The van der Waals surface area contributed by atoms with Crippen LogP contribution in [0.1, 0.15) is 33.1 Å². The molecule has 0 aliphatic carbocycles. The molecule has 2 saturated heterocycles. The molecule has 0 spiro atoms. The number of hydrogen-bond donors (Lipinski definition) is 0. The van der Waals surface area contributed by atoms with Crippen LogP contribution in [0, 0.1) is 0 Å². The lowest BCUT2D eigenvalue weighted by Crippen LogP contribution is -2.63. The number of likely N-dealkylation sites (N-methyl/N-ethyl adjacent to an activating group) is 1. The average molecular weight is 345 g/mol. The van der Waals surface area contributed by atoms with Crippen LogP contribution in [-0.4, -0.2) is 67.6 Å². The molecule has 0 unspecified atom stereocenters. The molecule has 5 nitrogen and oxygen atoms in total. The molecule has 25 heavy (non-hydrogen) atoms. The number of ether oxygens (including phenoxy) is 1. The third-order valence-corrected chi connectivity index (χ3v) is 5.65. The number of anilines is 1. The van der Waals surface area contributed by atoms with Crippen molar-refractivity contribution >= 4 is 11.6 Å². The van der Waals surface area contributed by atoms with Crippen molar-refractivity contribution in [3.63, 3.8) is 0 Å². The Kier molecular flexibility index (Phi) is 5.23. The van der Waals surface area contributed by atoms with Gasteiger partial charge in [0.25, 0.3) is 0 Å². The zero-order valence-electron chi connectivity index (χ0n) is 16.0. The number of rotatable bonds is 3. The van der Waals surface area contributed by atoms with Crippen LogP contribution in [0.3, 0.4) is 0 Å². The van der Waals surface area contributed by atoms with Gasteiger partial charge in [0.1, 0.15) is 5.75 Å². The summed E-state index contributed by atoms with van der Waals surface area (Å²) < 4.78 is 5.26. The SMILES string of the molecule is COc1ccc(N2CCN(C(=O)[C@H]3CCCCN3C)CC2(C)C)cc1. The fraction of sp³-hybridized carbons (Fsp3) is 0.650. The van der Waals surface area contributed by atoms with Gasteiger partial charge in [0.2, 0.25) is 5.91 Å². The summed E-state index contributed by atoms with van der Waals surface area (Å²) in [5.41, 5.74) is 1.10. The lowest BCUT2D eigenvalue weighted by Gasteiger charge is -2.49. The highest BCUT2D eigenvalue weighted by atomic mass is 16.5. The van der Waals surface area contributed by atoms with E-state index in [0.717, 1.165) is 44.8 Å². The topological polar surface area (TPSA) is 36.0 Å². The average Bonchev–Trinajstić information content (AvgIpc) is 2.61. The molecule has 2 aliphatic heterocycles. The molecule has 0 aromatic heterocycles. The van der Waals surface area contributed by atoms with Gasteiger partial charge >= 0.3 is 0 Å². The number of carbonyl (C=O) groups excluding carboxylic acids is 1. The summed E-state index contributed by atoms with van der Waals surface area (Å²) in [4.78, 5) is 19.7. The molecule has 1 atom stereocenters. The van der Waals surface area contributed by atoms with Gasteiger partial charge in [-0.25, -0.2) is 0 Å². The quantitative estimate of drug-likeness (QED) is 0.844. The Labute approximate surface area is 151 Å². The van der Waals surface area contributed by atoms with E-state index in [0.29, 0.717) is 5.91 Å². The Morgan fingerprint density at radius 1 is 1.12 bits per heavy atom. The first-order valence-corrected chi connectivity index (χ1v) is 9.33. The third-order valence-electron chi connectivity index (χ3n) is 5.65. The standard InChI is InChI=1S/C20H31N3O2/c1-20(2)15-22(19(24)18-7-5-6-12-21(18)3)13-14-23(20)16-8-10-17(25-4)11-9-16/h8-11,18H,5-7,12-15H2,1-4H3/t18-/m1/s1. The summed E-state index contributed by atoms with van der Waals surface area (Å²) in [5, 5.41) is 0. The van der Waals surface area contributed by atoms with Crippen molar-refractivity contribution in [2.24, 2.45) is 0 Å². The van der Waals surface area contributed by atoms with Crippen LogP contribution in [0.15, 0.2) is 24.3 Å². The van der Waals surface area contributed by atoms with Crippen molar-refractivity contribution in [3.05, 3.63) is 24.3 Å². The highest BCUT2D eigenvalue weighted by molar-refractivity contribution is 5.82. The van der Waals surface area contributed by atoms with Gasteiger partial charge in [-0.3, -0.25) is 9.69 Å². The first kappa shape index (κ1) is 18.1. The second-order valence-electron chi connectivity index (χ2n) is 7.91. The van der Waals surface area contributed by atoms with E-state index in [2.05, 4.69) is 47.7 Å². The van der Waals surface area contributed by atoms with Crippen LogP contribution in [0.2, 0.25) is 0 Å². The van der Waals surface area contributed by atoms with Crippen molar-refractivity contribution in [1.82, 2.24) is 9.80 Å². The normalized spacial score (nSPS) is 24.2. The van der Waals surface area contributed by atoms with Crippen molar-refractivity contribution in [2.45, 2.75) is 44.7 Å². The number of piperazine rings is 1. The van der Waals surface area contributed by atoms with Gasteiger partial charge in [0.15, 0.2) is 0 Å². The molecule has 0 N–H and O–H groups in total. The summed E-state index contributed by atoms with van der Waals surface area (Å²) in [6.45, 7) is 7.90. The molecular formula is C20H31N3O2. The van der Waals surface area contributed by atoms with Gasteiger partial charge in [-0.2, -0.15) is 0 Å². The van der Waals surface area contributed by atoms with Gasteiger partial charge < -0.3 is 14.5 Å². The molecule has 5 heteroatoms. The zero-order valence-corrected chi connectivity index (χ0v) is 16.0. The highest BCUT2D eigenvalue weighted by Gasteiger charge is 2.38. The predicted molar refractivity (Wildman–Crippen MR) is 101 cm³/mol. The number of benzene rings is 1. The third kappa shape index (κ3) is 3.76. The number of piperidine rings is 1. The van der Waals surface area contributed by atoms with Gasteiger partial charge in [-0.05, 0) is 64.5 Å². The minimum Gasteiger partial charge on any atom is -0.497 e. The van der Waals surface area contributed by atoms with Gasteiger partial charge in [0, 0.05) is 25.3 Å². The Morgan fingerprint density at radius 2 is 1.84 bits per heavy atom. The molecule has 1 amide bonds. The first-order chi connectivity index (χ1) is 11.9. The van der Waals surface area contributed by atoms with Gasteiger partial charge in [-0.15, -0.1) is 0 Å². The van der Waals surface area contributed by atoms with Crippen LogP contribution >= 0.6 is 0 Å². The Bertz CT molecular complexity index is 599. The molecule has 3 rings (SSSR count). The zero-order chi connectivity index (χ0) is 18.0. The number of carbonyl (C=O) groups is 1. The predicted octanol–water partition coefficient (Wildman–Crippen LogP) is 2.61. The summed E-state index contributed by atoms with van der Waals surface area (Å²) >= 11 is 0. The molecule has 2 fully saturated rings. The second-order valence-corrected chi connectivity index (χ2v) is 7.91. The van der Waals surface area contributed by atoms with E-state index in [4.69, 9.17) is 4.74 Å². The molecule has 2 heterocycles. The van der Waals surface area contributed by atoms with E-state index in [1.54, 1.807) is 7.11 Å². The Morgan fingerprint density at radius 3 is 2.44 bits per heavy atom. The molecule has 0 bridgehead atoms. The monoisotopic (exact) mass is 345 g/mol. The summed E-state index contributed by atoms with van der Waals surface area (Å²) in [5.74, 6) is 1.18. The number of likely N-dealkylation sites (tertiary alicyclic amines) is 1. The van der Waals surface area contributed by atoms with Gasteiger partial charge in [-0.1, -0.05) is 6.42 Å². The first-order valence-electron chi connectivity index (χ1n) is 9.33. The van der Waals surface area contributed by atoms with Crippen LogP contribution in [0.5, 0.6) is 5.75 Å². The molecular weight excluding hydrogens is 314 g/mol. The molecule has 138 valence electrons. The van der Waals surface area contributed by atoms with Crippen LogP contribution in [-0.2, 0) is 4.79 Å². The summed E-state index contributed by atoms with van der Waals surface area (Å²) in [6, 6.07) is 8.27. The number of amides is 1. The van der Waals surface area contributed by atoms with Crippen molar-refractivity contribution in [2.75, 3.05) is 45.2 Å². The van der Waals surface area contributed by atoms with E-state index in [-0.39, 0.29) is 11.6 Å². The largest absolute Gasteiger partial charge is 0.497 e. The van der Waals surface area contributed by atoms with E-state index in [1.165, 1.54) is 12.1 Å². The number of nitrogens with zero attached hydrogens (tertiary/aromatic N) is 3. The lowest BCUT2D eigenvalue weighted by molar-refractivity contribution is -0.139. The Balaban J connectivity index is 1.70. The lowest BCUT2D eigenvalue weighted by atomic mass is 9.95. The second kappa shape index (κ2) is 7.24. The van der Waals surface area contributed by atoms with E-state index < -0.39 is 0 Å². The maximum Gasteiger partial charge on any atom is 0.240 e. The molecule has 1 aromatic carbocycles. The molecule has 1 aromatic rings. The number of hydrogen-bond acceptors (Lipinski definition) is 4. The maximum atomic E-state index is 13.0. The van der Waals surface area contributed by atoms with E-state index in [1.807, 2.05) is 12.1 Å². The molecule has 2 aliphatic rings. The summed E-state index contributed by atoms with van der Waals surface area (Å²) in [6.07, 6.45) is 3.36. The Hall–Kier alpha value is -1.75. The van der Waals surface area contributed by atoms with Crippen LogP contribution in [0.25, 0.3) is 0 Å². The van der Waals surface area contributed by atoms with E-state index in [9.17, 15) is 4.79 Å². The highest BCUT2D eigenvalue weighted by Crippen LogP contribution is 2.30. The minimum atomic E-state index is -0.0876. The number of methoxy groups -OCH3 is 1. The molecule has 0 radical (unpaired) electrons. The van der Waals surface area contributed by atoms with Crippen molar-refractivity contribution in [1.29, 1.82) is 0 Å². The van der Waals surface area contributed by atoms with Crippen molar-refractivity contribution in [3.8, 4) is 5.75 Å². The van der Waals surface area contributed by atoms with E-state index >= 15 is 0 Å².